The summed E-state index contributed by atoms with van der Waals surface area (Å²) in [6.07, 6.45) is 44.5. The van der Waals surface area contributed by atoms with Crippen molar-refractivity contribution in [2.45, 2.75) is 206 Å². The molecule has 4 heteroatoms. The van der Waals surface area contributed by atoms with Gasteiger partial charge < -0.3 is 10.8 Å². The van der Waals surface area contributed by atoms with Gasteiger partial charge >= 0.3 is 5.97 Å². The summed E-state index contributed by atoms with van der Waals surface area (Å²) in [4.78, 5) is 23.7. The first-order valence-corrected chi connectivity index (χ1v) is 19.3. The Morgan fingerprint density at radius 3 is 1.05 bits per heavy atom. The summed E-state index contributed by atoms with van der Waals surface area (Å²) in [5.74, 6) is -1.16. The molecular formula is C40H75NO3. The number of nitrogens with two attached hydrogens (primary N) is 1. The van der Waals surface area contributed by atoms with Crippen molar-refractivity contribution in [3.8, 4) is 0 Å². The lowest BCUT2D eigenvalue weighted by molar-refractivity contribution is -0.142. The summed E-state index contributed by atoms with van der Waals surface area (Å²) in [6.45, 7) is 4.53. The highest BCUT2D eigenvalue weighted by Crippen LogP contribution is 2.22. The lowest BCUT2D eigenvalue weighted by atomic mass is 9.91. The molecule has 2 atom stereocenters. The zero-order valence-corrected chi connectivity index (χ0v) is 29.5. The number of aliphatic carboxylic acids is 1. The number of primary amides is 1. The molecule has 0 radical (unpaired) electrons. The first kappa shape index (κ1) is 42.4. The first-order chi connectivity index (χ1) is 21.5. The average Bonchev–Trinajstić information content (AvgIpc) is 3.00. The van der Waals surface area contributed by atoms with Gasteiger partial charge in [-0.2, -0.15) is 0 Å². The van der Waals surface area contributed by atoms with E-state index in [1.165, 1.54) is 116 Å². The molecule has 258 valence electrons. The van der Waals surface area contributed by atoms with Gasteiger partial charge in [0.15, 0.2) is 0 Å². The van der Waals surface area contributed by atoms with Gasteiger partial charge in [-0.05, 0) is 77.0 Å². The third-order valence-corrected chi connectivity index (χ3v) is 9.24. The molecule has 0 aromatic rings. The number of carbonyl (C=O) groups excluding carboxylic acids is 1. The fourth-order valence-corrected chi connectivity index (χ4v) is 6.17. The number of allylic oxidation sites excluding steroid dienone is 4. The molecule has 0 aliphatic rings. The summed E-state index contributed by atoms with van der Waals surface area (Å²) in [5, 5.41) is 9.68. The van der Waals surface area contributed by atoms with Crippen molar-refractivity contribution >= 4 is 11.9 Å². The minimum Gasteiger partial charge on any atom is -0.481 e. The number of hydrogen-bond acceptors (Lipinski definition) is 2. The van der Waals surface area contributed by atoms with Crippen LogP contribution < -0.4 is 5.73 Å². The van der Waals surface area contributed by atoms with Gasteiger partial charge in [-0.25, -0.2) is 0 Å². The van der Waals surface area contributed by atoms with E-state index in [0.717, 1.165) is 70.6 Å². The SMILES string of the molecule is CCCCCCCC/C=C\CCCCCCC(CCCCC(CCCCCC/C=C\CCCCCCCC)C(=O)O)C(N)=O. The van der Waals surface area contributed by atoms with Crippen LogP contribution in [-0.2, 0) is 9.59 Å². The second-order valence-corrected chi connectivity index (χ2v) is 13.5. The van der Waals surface area contributed by atoms with Gasteiger partial charge in [0.25, 0.3) is 0 Å². The maximum Gasteiger partial charge on any atom is 0.306 e. The molecule has 0 aliphatic heterocycles. The van der Waals surface area contributed by atoms with Gasteiger partial charge in [0.2, 0.25) is 5.91 Å². The summed E-state index contributed by atoms with van der Waals surface area (Å²) in [5.41, 5.74) is 5.70. The predicted molar refractivity (Wildman–Crippen MR) is 192 cm³/mol. The van der Waals surface area contributed by atoms with E-state index in [9.17, 15) is 14.7 Å². The number of carboxylic acids is 1. The highest BCUT2D eigenvalue weighted by Gasteiger charge is 2.18. The summed E-state index contributed by atoms with van der Waals surface area (Å²) in [6, 6.07) is 0. The fraction of sp³-hybridized carbons (Fsp3) is 0.850. The van der Waals surface area contributed by atoms with Crippen molar-refractivity contribution in [3.63, 3.8) is 0 Å². The van der Waals surface area contributed by atoms with E-state index in [2.05, 4.69) is 38.2 Å². The van der Waals surface area contributed by atoms with Crippen molar-refractivity contribution in [3.05, 3.63) is 24.3 Å². The second kappa shape index (κ2) is 34.3. The molecule has 1 amide bonds. The van der Waals surface area contributed by atoms with Crippen molar-refractivity contribution in [2.24, 2.45) is 17.6 Å². The van der Waals surface area contributed by atoms with E-state index < -0.39 is 5.97 Å². The molecule has 3 N–H and O–H groups in total. The quantitative estimate of drug-likeness (QED) is 0.0548. The van der Waals surface area contributed by atoms with Gasteiger partial charge in [-0.1, -0.05) is 154 Å². The molecule has 0 rings (SSSR count). The van der Waals surface area contributed by atoms with Crippen LogP contribution in [0.15, 0.2) is 24.3 Å². The number of rotatable bonds is 35. The van der Waals surface area contributed by atoms with Crippen LogP contribution in [0.2, 0.25) is 0 Å². The highest BCUT2D eigenvalue weighted by atomic mass is 16.4. The minimum atomic E-state index is -0.661. The molecule has 0 heterocycles. The third kappa shape index (κ3) is 30.4. The minimum absolute atomic E-state index is 0.0599. The smallest absolute Gasteiger partial charge is 0.306 e. The van der Waals surface area contributed by atoms with Crippen molar-refractivity contribution < 1.29 is 14.7 Å². The number of hydrogen-bond donors (Lipinski definition) is 2. The number of amides is 1. The number of carbonyl (C=O) groups is 2. The van der Waals surface area contributed by atoms with Gasteiger partial charge in [0.1, 0.15) is 0 Å². The normalized spacial score (nSPS) is 13.2. The Kier molecular flexibility index (Phi) is 33.1. The molecule has 2 unspecified atom stereocenters. The zero-order chi connectivity index (χ0) is 32.4. The van der Waals surface area contributed by atoms with Crippen LogP contribution in [0.5, 0.6) is 0 Å². The largest absolute Gasteiger partial charge is 0.481 e. The molecule has 0 aliphatic carbocycles. The van der Waals surface area contributed by atoms with E-state index in [1.54, 1.807) is 0 Å². The molecule has 4 nitrogen and oxygen atoms in total. The van der Waals surface area contributed by atoms with E-state index in [1.807, 2.05) is 0 Å². The maximum absolute atomic E-state index is 12.0. The van der Waals surface area contributed by atoms with Crippen LogP contribution in [0.1, 0.15) is 206 Å². The topological polar surface area (TPSA) is 80.4 Å². The van der Waals surface area contributed by atoms with Gasteiger partial charge in [0, 0.05) is 5.92 Å². The third-order valence-electron chi connectivity index (χ3n) is 9.24. The van der Waals surface area contributed by atoms with Gasteiger partial charge in [-0.3, -0.25) is 9.59 Å². The zero-order valence-electron chi connectivity index (χ0n) is 29.5. The first-order valence-electron chi connectivity index (χ1n) is 19.3. The van der Waals surface area contributed by atoms with Crippen LogP contribution in [0.25, 0.3) is 0 Å². The second-order valence-electron chi connectivity index (χ2n) is 13.5. The summed E-state index contributed by atoms with van der Waals surface area (Å²) in [7, 11) is 0. The molecule has 0 saturated heterocycles. The predicted octanol–water partition coefficient (Wildman–Crippen LogP) is 12.6. The van der Waals surface area contributed by atoms with Crippen LogP contribution in [-0.4, -0.2) is 17.0 Å². The number of unbranched alkanes of at least 4 members (excludes halogenated alkanes) is 21. The van der Waals surface area contributed by atoms with Crippen molar-refractivity contribution in [2.75, 3.05) is 0 Å². The van der Waals surface area contributed by atoms with Crippen molar-refractivity contribution in [1.29, 1.82) is 0 Å². The van der Waals surface area contributed by atoms with Gasteiger partial charge in [-0.15, -0.1) is 0 Å². The molecule has 44 heavy (non-hydrogen) atoms. The Labute approximate surface area is 274 Å². The molecule has 0 fully saturated rings. The average molecular weight is 618 g/mol. The molecular weight excluding hydrogens is 542 g/mol. The Morgan fingerprint density at radius 1 is 0.455 bits per heavy atom. The maximum atomic E-state index is 12.0. The van der Waals surface area contributed by atoms with Crippen LogP contribution >= 0.6 is 0 Å². The van der Waals surface area contributed by atoms with E-state index in [-0.39, 0.29) is 17.7 Å². The lowest BCUT2D eigenvalue weighted by Gasteiger charge is -2.15. The summed E-state index contributed by atoms with van der Waals surface area (Å²) < 4.78 is 0. The van der Waals surface area contributed by atoms with Crippen LogP contribution in [0.4, 0.5) is 0 Å². The monoisotopic (exact) mass is 618 g/mol. The Hall–Kier alpha value is -1.58. The summed E-state index contributed by atoms with van der Waals surface area (Å²) >= 11 is 0. The molecule has 0 spiro atoms. The highest BCUT2D eigenvalue weighted by molar-refractivity contribution is 5.76. The van der Waals surface area contributed by atoms with E-state index in [4.69, 9.17) is 5.73 Å². The Bertz CT molecular complexity index is 628. The Balaban J connectivity index is 3.81. The van der Waals surface area contributed by atoms with Gasteiger partial charge in [0.05, 0.1) is 5.92 Å². The number of carboxylic acid groups (broad SMARTS) is 1. The van der Waals surface area contributed by atoms with Crippen LogP contribution in [0, 0.1) is 11.8 Å². The van der Waals surface area contributed by atoms with Crippen LogP contribution in [0.3, 0.4) is 0 Å². The molecule has 0 aromatic heterocycles. The van der Waals surface area contributed by atoms with E-state index >= 15 is 0 Å². The fourth-order valence-electron chi connectivity index (χ4n) is 6.17. The molecule has 0 saturated carbocycles. The standard InChI is InChI=1S/C40H75NO3/c1-3-5-7-9-11-13-15-17-19-21-23-25-27-29-33-37(39(41)42)34-31-32-36-38(40(43)44)35-30-28-26-24-22-20-18-16-14-12-10-8-6-4-2/h17-20,37-38H,3-16,21-36H2,1-2H3,(H2,41,42)(H,43,44)/b19-17-,20-18-. The lowest BCUT2D eigenvalue weighted by Crippen LogP contribution is -2.23. The molecule has 0 aromatic carbocycles. The molecule has 0 bridgehead atoms. The Morgan fingerprint density at radius 2 is 0.727 bits per heavy atom. The van der Waals surface area contributed by atoms with E-state index in [0.29, 0.717) is 6.42 Å². The van der Waals surface area contributed by atoms with Crippen molar-refractivity contribution in [1.82, 2.24) is 0 Å².